The zero-order valence-corrected chi connectivity index (χ0v) is 12.2. The first kappa shape index (κ1) is 15.8. The summed E-state index contributed by atoms with van der Waals surface area (Å²) in [5.41, 5.74) is 0.699. The Bertz CT molecular complexity index is 660. The summed E-state index contributed by atoms with van der Waals surface area (Å²) in [6.07, 6.45) is 0.0389. The molecule has 0 aromatic heterocycles. The zero-order chi connectivity index (χ0) is 16.4. The third-order valence-electron chi connectivity index (χ3n) is 3.97. The van der Waals surface area contributed by atoms with Gasteiger partial charge >= 0.3 is 0 Å². The largest absolute Gasteiger partial charge is 0.479 e. The number of benzene rings is 2. The van der Waals surface area contributed by atoms with Gasteiger partial charge in [-0.05, 0) is 18.5 Å². The maximum atomic E-state index is 13.9. The van der Waals surface area contributed by atoms with Crippen molar-refractivity contribution in [2.24, 2.45) is 5.92 Å². The molecule has 0 bridgehead atoms. The summed E-state index contributed by atoms with van der Waals surface area (Å²) in [6.45, 7) is 1.35. The highest BCUT2D eigenvalue weighted by molar-refractivity contribution is 5.30. The van der Waals surface area contributed by atoms with Crippen molar-refractivity contribution in [1.29, 1.82) is 0 Å². The average Bonchev–Trinajstić information content (AvgIpc) is 3.08. The predicted octanol–water partition coefficient (Wildman–Crippen LogP) is 3.97. The van der Waals surface area contributed by atoms with E-state index in [9.17, 15) is 17.6 Å². The van der Waals surface area contributed by atoms with E-state index in [4.69, 9.17) is 4.74 Å². The van der Waals surface area contributed by atoms with E-state index in [1.807, 2.05) is 0 Å². The van der Waals surface area contributed by atoms with E-state index in [-0.39, 0.29) is 12.0 Å². The highest BCUT2D eigenvalue weighted by Gasteiger charge is 2.31. The Kier molecular flexibility index (Phi) is 4.52. The maximum Gasteiger partial charge on any atom is 0.203 e. The van der Waals surface area contributed by atoms with Crippen molar-refractivity contribution >= 4 is 0 Å². The van der Waals surface area contributed by atoms with E-state index < -0.39 is 35.1 Å². The number of halogens is 4. The molecule has 1 aliphatic rings. The highest BCUT2D eigenvalue weighted by atomic mass is 19.2. The Labute approximate surface area is 131 Å². The van der Waals surface area contributed by atoms with E-state index in [1.165, 1.54) is 0 Å². The first-order valence-corrected chi connectivity index (χ1v) is 7.33. The van der Waals surface area contributed by atoms with E-state index in [0.29, 0.717) is 12.1 Å². The molecule has 122 valence electrons. The Balaban J connectivity index is 1.99. The standard InChI is InChI=1S/C17H15F4NO/c18-12-8-13(19)15(21)17(14(12)20)23-16(11-6-7-22-9-11)10-4-2-1-3-5-10/h1-5,8,11,16,22H,6-7,9H2/t11?,16-/m1/s1. The van der Waals surface area contributed by atoms with Crippen LogP contribution in [-0.4, -0.2) is 13.1 Å². The lowest BCUT2D eigenvalue weighted by molar-refractivity contribution is 0.128. The highest BCUT2D eigenvalue weighted by Crippen LogP contribution is 2.35. The van der Waals surface area contributed by atoms with Gasteiger partial charge in [-0.25, -0.2) is 8.78 Å². The molecule has 23 heavy (non-hydrogen) atoms. The molecule has 1 aliphatic heterocycles. The SMILES string of the molecule is Fc1cc(F)c(F)c(O[C@H](c2ccccc2)C2CCNC2)c1F. The zero-order valence-electron chi connectivity index (χ0n) is 12.2. The van der Waals surface area contributed by atoms with Crippen LogP contribution in [0.5, 0.6) is 5.75 Å². The fourth-order valence-electron chi connectivity index (χ4n) is 2.80. The van der Waals surface area contributed by atoms with Crippen LogP contribution in [0.1, 0.15) is 18.1 Å². The van der Waals surface area contributed by atoms with Crippen LogP contribution >= 0.6 is 0 Å². The molecule has 0 radical (unpaired) electrons. The minimum absolute atomic E-state index is 0.0532. The topological polar surface area (TPSA) is 21.3 Å². The first-order valence-electron chi connectivity index (χ1n) is 7.33. The van der Waals surface area contributed by atoms with E-state index in [0.717, 1.165) is 13.0 Å². The third kappa shape index (κ3) is 3.17. The number of rotatable bonds is 4. The van der Waals surface area contributed by atoms with Crippen LogP contribution < -0.4 is 10.1 Å². The summed E-state index contributed by atoms with van der Waals surface area (Å²) in [5, 5.41) is 3.14. The van der Waals surface area contributed by atoms with Crippen molar-refractivity contribution in [3.8, 4) is 5.75 Å². The third-order valence-corrected chi connectivity index (χ3v) is 3.97. The van der Waals surface area contributed by atoms with E-state index >= 15 is 0 Å². The molecule has 2 aromatic carbocycles. The second-order valence-electron chi connectivity index (χ2n) is 5.50. The molecule has 1 fully saturated rings. The fourth-order valence-corrected chi connectivity index (χ4v) is 2.80. The average molecular weight is 325 g/mol. The second kappa shape index (κ2) is 6.58. The van der Waals surface area contributed by atoms with Crippen molar-refractivity contribution < 1.29 is 22.3 Å². The lowest BCUT2D eigenvalue weighted by Crippen LogP contribution is -2.22. The van der Waals surface area contributed by atoms with Gasteiger partial charge in [-0.15, -0.1) is 0 Å². The van der Waals surface area contributed by atoms with Crippen LogP contribution in [0.3, 0.4) is 0 Å². The van der Waals surface area contributed by atoms with Crippen molar-refractivity contribution in [3.63, 3.8) is 0 Å². The van der Waals surface area contributed by atoms with Crippen LogP contribution in [0.25, 0.3) is 0 Å². The van der Waals surface area contributed by atoms with Crippen molar-refractivity contribution in [1.82, 2.24) is 5.32 Å². The van der Waals surface area contributed by atoms with Gasteiger partial charge in [0.2, 0.25) is 11.6 Å². The van der Waals surface area contributed by atoms with Crippen LogP contribution in [0, 0.1) is 29.2 Å². The molecular weight excluding hydrogens is 310 g/mol. The monoisotopic (exact) mass is 325 g/mol. The normalized spacial score (nSPS) is 18.9. The number of hydrogen-bond donors (Lipinski definition) is 1. The predicted molar refractivity (Wildman–Crippen MR) is 77.1 cm³/mol. The Morgan fingerprint density at radius 2 is 1.65 bits per heavy atom. The molecule has 6 heteroatoms. The van der Waals surface area contributed by atoms with Gasteiger partial charge < -0.3 is 10.1 Å². The molecule has 2 nitrogen and oxygen atoms in total. The molecule has 0 aliphatic carbocycles. The van der Waals surface area contributed by atoms with Gasteiger partial charge in [0.05, 0.1) is 0 Å². The minimum atomic E-state index is -1.52. The fraction of sp³-hybridized carbons (Fsp3) is 0.294. The summed E-state index contributed by atoms with van der Waals surface area (Å²) >= 11 is 0. The Morgan fingerprint density at radius 3 is 2.22 bits per heavy atom. The summed E-state index contributed by atoms with van der Waals surface area (Å²) in [4.78, 5) is 0. The second-order valence-corrected chi connectivity index (χ2v) is 5.50. The minimum Gasteiger partial charge on any atom is -0.479 e. The maximum absolute atomic E-state index is 13.9. The molecule has 1 saturated heterocycles. The van der Waals surface area contributed by atoms with Crippen LogP contribution in [0.15, 0.2) is 36.4 Å². The molecule has 0 spiro atoms. The van der Waals surface area contributed by atoms with Crippen molar-refractivity contribution in [2.75, 3.05) is 13.1 Å². The van der Waals surface area contributed by atoms with Gasteiger partial charge in [0, 0.05) is 18.5 Å². The number of nitrogens with one attached hydrogen (secondary N) is 1. The van der Waals surface area contributed by atoms with Crippen molar-refractivity contribution in [2.45, 2.75) is 12.5 Å². The lowest BCUT2D eigenvalue weighted by Gasteiger charge is -2.25. The van der Waals surface area contributed by atoms with Crippen molar-refractivity contribution in [3.05, 3.63) is 65.2 Å². The van der Waals surface area contributed by atoms with Gasteiger partial charge in [-0.2, -0.15) is 8.78 Å². The molecule has 1 unspecified atom stereocenters. The molecule has 0 amide bonds. The first-order chi connectivity index (χ1) is 11.1. The number of hydrogen-bond acceptors (Lipinski definition) is 2. The molecule has 3 rings (SSSR count). The van der Waals surface area contributed by atoms with Crippen LogP contribution in [0.2, 0.25) is 0 Å². The Morgan fingerprint density at radius 1 is 1.00 bits per heavy atom. The van der Waals surface area contributed by atoms with Gasteiger partial charge in [0.25, 0.3) is 0 Å². The Hall–Kier alpha value is -2.08. The van der Waals surface area contributed by atoms with Crippen LogP contribution in [0.4, 0.5) is 17.6 Å². The molecular formula is C17H15F4NO. The smallest absolute Gasteiger partial charge is 0.203 e. The summed E-state index contributed by atoms with van der Waals surface area (Å²) in [6, 6.07) is 9.03. The summed E-state index contributed by atoms with van der Waals surface area (Å²) in [7, 11) is 0. The summed E-state index contributed by atoms with van der Waals surface area (Å²) in [5.74, 6) is -7.05. The van der Waals surface area contributed by atoms with E-state index in [2.05, 4.69) is 5.32 Å². The molecule has 2 aromatic rings. The summed E-state index contributed by atoms with van der Waals surface area (Å²) < 4.78 is 60.0. The quantitative estimate of drug-likeness (QED) is 0.678. The molecule has 2 atom stereocenters. The lowest BCUT2D eigenvalue weighted by atomic mass is 9.95. The molecule has 1 N–H and O–H groups in total. The van der Waals surface area contributed by atoms with Gasteiger partial charge in [-0.1, -0.05) is 30.3 Å². The molecule has 0 saturated carbocycles. The van der Waals surface area contributed by atoms with E-state index in [1.54, 1.807) is 30.3 Å². The molecule has 1 heterocycles. The van der Waals surface area contributed by atoms with Crippen LogP contribution in [-0.2, 0) is 0 Å². The van der Waals surface area contributed by atoms with Gasteiger partial charge in [0.15, 0.2) is 17.4 Å². The van der Waals surface area contributed by atoms with Gasteiger partial charge in [-0.3, -0.25) is 0 Å². The van der Waals surface area contributed by atoms with Gasteiger partial charge in [0.1, 0.15) is 6.10 Å². The number of ether oxygens (including phenoxy) is 1.